The molecule has 1 aliphatic heterocycles. The second-order valence-corrected chi connectivity index (χ2v) is 7.29. The van der Waals surface area contributed by atoms with Crippen LogP contribution in [0.2, 0.25) is 0 Å². The Morgan fingerprint density at radius 2 is 2.00 bits per heavy atom. The maximum Gasteiger partial charge on any atom is 0.0787 e. The second-order valence-electron chi connectivity index (χ2n) is 7.29. The van der Waals surface area contributed by atoms with Crippen LogP contribution in [0, 0.1) is 0 Å². The van der Waals surface area contributed by atoms with E-state index in [-0.39, 0.29) is 11.2 Å². The van der Waals surface area contributed by atoms with Crippen molar-refractivity contribution in [3.63, 3.8) is 0 Å². The molecule has 3 nitrogen and oxygen atoms in total. The van der Waals surface area contributed by atoms with E-state index in [1.807, 2.05) is 0 Å². The van der Waals surface area contributed by atoms with Gasteiger partial charge in [0.2, 0.25) is 0 Å². The van der Waals surface area contributed by atoms with E-state index in [1.165, 1.54) is 16.5 Å². The molecule has 1 fully saturated rings. The van der Waals surface area contributed by atoms with Crippen LogP contribution in [0.5, 0.6) is 0 Å². The van der Waals surface area contributed by atoms with E-state index in [2.05, 4.69) is 68.5 Å². The summed E-state index contributed by atoms with van der Waals surface area (Å²) in [5.41, 5.74) is 2.48. The summed E-state index contributed by atoms with van der Waals surface area (Å²) in [6.45, 7) is 9.71. The fraction of sp³-hybridized carbons (Fsp3) is 0.556. The lowest BCUT2D eigenvalue weighted by Crippen LogP contribution is -2.44. The van der Waals surface area contributed by atoms with E-state index in [1.54, 1.807) is 0 Å². The van der Waals surface area contributed by atoms with Gasteiger partial charge in [0.05, 0.1) is 11.2 Å². The number of aromatic nitrogens is 1. The first-order valence-electron chi connectivity index (χ1n) is 7.86. The van der Waals surface area contributed by atoms with Crippen molar-refractivity contribution in [2.45, 2.75) is 57.8 Å². The van der Waals surface area contributed by atoms with Crippen molar-refractivity contribution in [1.82, 2.24) is 10.3 Å². The van der Waals surface area contributed by atoms with Gasteiger partial charge in [-0.15, -0.1) is 0 Å². The fourth-order valence-electron chi connectivity index (χ4n) is 3.60. The Balaban J connectivity index is 1.62. The van der Waals surface area contributed by atoms with E-state index in [4.69, 9.17) is 4.74 Å². The lowest BCUT2D eigenvalue weighted by Gasteiger charge is -2.27. The third-order valence-corrected chi connectivity index (χ3v) is 4.53. The van der Waals surface area contributed by atoms with E-state index in [0.29, 0.717) is 6.04 Å². The maximum atomic E-state index is 6.14. The Kier molecular flexibility index (Phi) is 3.58. The molecule has 0 spiro atoms. The molecule has 0 saturated carbocycles. The number of aromatic amines is 1. The summed E-state index contributed by atoms with van der Waals surface area (Å²) in [5.74, 6) is 0. The summed E-state index contributed by atoms with van der Waals surface area (Å²) in [6.07, 6.45) is 4.23. The van der Waals surface area contributed by atoms with Crippen LogP contribution in [0.4, 0.5) is 0 Å². The number of para-hydroxylation sites is 1. The van der Waals surface area contributed by atoms with E-state index in [9.17, 15) is 0 Å². The largest absolute Gasteiger partial charge is 0.368 e. The van der Waals surface area contributed by atoms with E-state index >= 15 is 0 Å². The highest BCUT2D eigenvalue weighted by atomic mass is 16.5. The summed E-state index contributed by atoms with van der Waals surface area (Å²) >= 11 is 0. The molecule has 2 aromatic rings. The van der Waals surface area contributed by atoms with Gasteiger partial charge < -0.3 is 15.0 Å². The fourth-order valence-corrected chi connectivity index (χ4v) is 3.60. The number of H-pyrrole nitrogens is 1. The Morgan fingerprint density at radius 3 is 2.71 bits per heavy atom. The first kappa shape index (κ1) is 14.6. The van der Waals surface area contributed by atoms with Crippen LogP contribution >= 0.6 is 0 Å². The topological polar surface area (TPSA) is 37.0 Å². The van der Waals surface area contributed by atoms with Gasteiger partial charge in [-0.25, -0.2) is 0 Å². The van der Waals surface area contributed by atoms with Gasteiger partial charge in [-0.05, 0) is 58.7 Å². The standard InChI is InChI=1S/C18H26N2O/c1-17(2)11-16(18(3,4)21-17)19-10-9-13-12-20-15-8-6-5-7-14(13)15/h5-8,12,16,19-20H,9-11H2,1-4H3. The van der Waals surface area contributed by atoms with Gasteiger partial charge in [0.25, 0.3) is 0 Å². The molecule has 1 aromatic heterocycles. The number of hydrogen-bond donors (Lipinski definition) is 2. The molecule has 114 valence electrons. The van der Waals surface area contributed by atoms with Gasteiger partial charge in [0.15, 0.2) is 0 Å². The summed E-state index contributed by atoms with van der Waals surface area (Å²) in [7, 11) is 0. The minimum absolute atomic E-state index is 0.0258. The number of benzene rings is 1. The highest BCUT2D eigenvalue weighted by Gasteiger charge is 2.45. The Morgan fingerprint density at radius 1 is 1.24 bits per heavy atom. The molecule has 1 atom stereocenters. The molecule has 3 heteroatoms. The SMILES string of the molecule is CC1(C)CC(NCCc2c[nH]c3ccccc23)C(C)(C)O1. The number of hydrogen-bond acceptors (Lipinski definition) is 2. The third-order valence-electron chi connectivity index (χ3n) is 4.53. The predicted molar refractivity (Wildman–Crippen MR) is 87.7 cm³/mol. The van der Waals surface area contributed by atoms with Crippen molar-refractivity contribution in [2.75, 3.05) is 6.54 Å². The summed E-state index contributed by atoms with van der Waals surface area (Å²) in [6, 6.07) is 8.90. The quantitative estimate of drug-likeness (QED) is 0.900. The Labute approximate surface area is 127 Å². The molecule has 1 unspecified atom stereocenters. The number of rotatable bonds is 4. The molecular formula is C18H26N2O. The van der Waals surface area contributed by atoms with Gasteiger partial charge in [-0.1, -0.05) is 18.2 Å². The predicted octanol–water partition coefficient (Wildman–Crippen LogP) is 3.65. The van der Waals surface area contributed by atoms with Gasteiger partial charge in [-0.2, -0.15) is 0 Å². The molecule has 2 heterocycles. The van der Waals surface area contributed by atoms with Crippen LogP contribution in [-0.4, -0.2) is 28.8 Å². The second kappa shape index (κ2) is 5.15. The van der Waals surface area contributed by atoms with Gasteiger partial charge in [-0.3, -0.25) is 0 Å². The molecule has 1 saturated heterocycles. The van der Waals surface area contributed by atoms with Gasteiger partial charge in [0.1, 0.15) is 0 Å². The molecule has 0 radical (unpaired) electrons. The van der Waals surface area contributed by atoms with Crippen LogP contribution in [0.15, 0.2) is 30.5 Å². The highest BCUT2D eigenvalue weighted by Crippen LogP contribution is 2.37. The van der Waals surface area contributed by atoms with Crippen LogP contribution in [0.1, 0.15) is 39.7 Å². The Hall–Kier alpha value is -1.32. The molecule has 2 N–H and O–H groups in total. The molecule has 1 aromatic carbocycles. The summed E-state index contributed by atoms with van der Waals surface area (Å²) in [5, 5.41) is 5.03. The molecule has 0 amide bonds. The minimum Gasteiger partial charge on any atom is -0.368 e. The molecule has 1 aliphatic rings. The third kappa shape index (κ3) is 2.99. The van der Waals surface area contributed by atoms with Gasteiger partial charge >= 0.3 is 0 Å². The van der Waals surface area contributed by atoms with Crippen LogP contribution in [-0.2, 0) is 11.2 Å². The Bertz CT molecular complexity index is 627. The van der Waals surface area contributed by atoms with Crippen LogP contribution in [0.25, 0.3) is 10.9 Å². The highest BCUT2D eigenvalue weighted by molar-refractivity contribution is 5.83. The van der Waals surface area contributed by atoms with Crippen LogP contribution in [0.3, 0.4) is 0 Å². The van der Waals surface area contributed by atoms with Crippen molar-refractivity contribution in [2.24, 2.45) is 0 Å². The van der Waals surface area contributed by atoms with Crippen molar-refractivity contribution >= 4 is 10.9 Å². The number of ether oxygens (including phenoxy) is 1. The first-order valence-corrected chi connectivity index (χ1v) is 7.86. The lowest BCUT2D eigenvalue weighted by atomic mass is 9.94. The zero-order chi connectivity index (χ0) is 15.1. The molecule has 0 bridgehead atoms. The van der Waals surface area contributed by atoms with Gasteiger partial charge in [0, 0.05) is 23.1 Å². The monoisotopic (exact) mass is 286 g/mol. The molecule has 0 aliphatic carbocycles. The smallest absolute Gasteiger partial charge is 0.0787 e. The van der Waals surface area contributed by atoms with Crippen molar-refractivity contribution in [3.8, 4) is 0 Å². The zero-order valence-corrected chi connectivity index (χ0v) is 13.5. The molecular weight excluding hydrogens is 260 g/mol. The van der Waals surface area contributed by atoms with Crippen molar-refractivity contribution < 1.29 is 4.74 Å². The zero-order valence-electron chi connectivity index (χ0n) is 13.5. The average Bonchev–Trinajstić information content (AvgIpc) is 2.88. The number of fused-ring (bicyclic) bond motifs is 1. The summed E-state index contributed by atoms with van der Waals surface area (Å²) < 4.78 is 6.14. The van der Waals surface area contributed by atoms with E-state index < -0.39 is 0 Å². The first-order chi connectivity index (χ1) is 9.87. The summed E-state index contributed by atoms with van der Waals surface area (Å²) in [4.78, 5) is 3.34. The molecule has 21 heavy (non-hydrogen) atoms. The number of nitrogens with one attached hydrogen (secondary N) is 2. The molecule has 3 rings (SSSR count). The average molecular weight is 286 g/mol. The normalized spacial score (nSPS) is 23.7. The van der Waals surface area contributed by atoms with Crippen molar-refractivity contribution in [3.05, 3.63) is 36.0 Å². The lowest BCUT2D eigenvalue weighted by molar-refractivity contribution is -0.0697. The van der Waals surface area contributed by atoms with Crippen LogP contribution < -0.4 is 5.32 Å². The van der Waals surface area contributed by atoms with Crippen molar-refractivity contribution in [1.29, 1.82) is 0 Å². The maximum absolute atomic E-state index is 6.14. The minimum atomic E-state index is -0.0935. The van der Waals surface area contributed by atoms with E-state index in [0.717, 1.165) is 19.4 Å².